The molecule has 6 bridgehead atoms. The van der Waals surface area contributed by atoms with Crippen LogP contribution in [0.5, 0.6) is 5.75 Å². The van der Waals surface area contributed by atoms with Gasteiger partial charge in [-0.3, -0.25) is 29.2 Å². The second kappa shape index (κ2) is 17.5. The molecule has 0 spiro atoms. The van der Waals surface area contributed by atoms with Crippen molar-refractivity contribution in [3.8, 4) is 34.2 Å². The van der Waals surface area contributed by atoms with Crippen molar-refractivity contribution in [3.05, 3.63) is 71.5 Å². The van der Waals surface area contributed by atoms with Crippen LogP contribution in [0.25, 0.3) is 33.3 Å². The Morgan fingerprint density at radius 2 is 1.89 bits per heavy atom. The van der Waals surface area contributed by atoms with E-state index in [1.54, 1.807) is 25.4 Å². The molecular weight excluding hydrogens is 787 g/mol. The zero-order valence-corrected chi connectivity index (χ0v) is 37.1. The molecule has 1 aliphatic carbocycles. The maximum atomic E-state index is 14.6. The lowest BCUT2D eigenvalue weighted by Crippen LogP contribution is -2.62. The number of methoxy groups -OCH3 is 1. The van der Waals surface area contributed by atoms with Gasteiger partial charge in [-0.05, 0) is 111 Å². The highest BCUT2D eigenvalue weighted by atomic mass is 16.5. The number of hydrogen-bond donors (Lipinski definition) is 3. The molecule has 4 aromatic rings. The number of nitriles is 1. The number of carbonyl (C=O) groups excluding carboxylic acids is 4. The Kier molecular flexibility index (Phi) is 12.5. The molecule has 7 rings (SSSR count). The Labute approximate surface area is 363 Å². The average molecular weight is 846 g/mol. The smallest absolute Gasteiger partial charge is 0.324 e. The Morgan fingerprint density at radius 3 is 2.56 bits per heavy atom. The van der Waals surface area contributed by atoms with E-state index in [-0.39, 0.29) is 37.3 Å². The van der Waals surface area contributed by atoms with Crippen LogP contribution in [0.2, 0.25) is 0 Å². The number of aromatic hydroxyl groups is 1. The third-order valence-corrected chi connectivity index (χ3v) is 12.7. The molecule has 3 amide bonds. The molecule has 4 heterocycles. The van der Waals surface area contributed by atoms with Crippen molar-refractivity contribution >= 4 is 34.6 Å². The summed E-state index contributed by atoms with van der Waals surface area (Å²) in [7, 11) is 3.19. The van der Waals surface area contributed by atoms with Gasteiger partial charge in [-0.25, -0.2) is 5.43 Å². The van der Waals surface area contributed by atoms with Crippen molar-refractivity contribution < 1.29 is 33.8 Å². The van der Waals surface area contributed by atoms with E-state index in [0.717, 1.165) is 39.0 Å². The second-order valence-corrected chi connectivity index (χ2v) is 18.3. The molecule has 1 saturated heterocycles. The fourth-order valence-electron chi connectivity index (χ4n) is 9.21. The predicted octanol–water partition coefficient (Wildman–Crippen LogP) is 6.24. The number of esters is 1. The minimum absolute atomic E-state index is 0.0105. The molecule has 3 N–H and O–H groups in total. The molecule has 328 valence electrons. The standard InChI is InChI=1S/C48H59N7O7/c1-9-54-39-15-14-31-24-35(39)36(42(54)34-12-10-18-50-40(34)29(4)61-8)25-47(5,6)27-62-45(59)37-13-11-19-55(52-37)44(58)38(22-30-20-32(31)23-33(56)21-30)51-43(57)41(28(2)3)53(7)46(60)48(26-49)16-17-48/h10,12,14-15,18,20-21,23-24,28-29,37-38,41,52,56H,9,11,13,16-17,19,22,25,27H2,1-8H3,(H,51,57)/t29-,37-,38-,41?/m0/s1. The summed E-state index contributed by atoms with van der Waals surface area (Å²) < 4.78 is 14.2. The largest absolute Gasteiger partial charge is 0.508 e. The summed E-state index contributed by atoms with van der Waals surface area (Å²) in [5.74, 6) is -2.30. The lowest BCUT2D eigenvalue weighted by molar-refractivity contribution is -0.155. The molecule has 4 atom stereocenters. The van der Waals surface area contributed by atoms with Crippen molar-refractivity contribution in [2.75, 3.05) is 27.3 Å². The molecule has 3 aliphatic rings. The van der Waals surface area contributed by atoms with Crippen LogP contribution in [-0.2, 0) is 48.0 Å². The lowest BCUT2D eigenvalue weighted by Gasteiger charge is -2.37. The third-order valence-electron chi connectivity index (χ3n) is 12.7. The van der Waals surface area contributed by atoms with Crippen LogP contribution in [0.15, 0.2) is 54.7 Å². The van der Waals surface area contributed by atoms with Crippen molar-refractivity contribution in [1.82, 2.24) is 30.2 Å². The van der Waals surface area contributed by atoms with Crippen LogP contribution < -0.4 is 10.7 Å². The Balaban J connectivity index is 1.35. The Bertz CT molecular complexity index is 2430. The number of amides is 3. The predicted molar refractivity (Wildman–Crippen MR) is 234 cm³/mol. The number of likely N-dealkylation sites (N-methyl/N-ethyl adjacent to an activating group) is 1. The number of hydrazine groups is 1. The minimum atomic E-state index is -1.16. The first kappa shape index (κ1) is 44.3. The monoisotopic (exact) mass is 845 g/mol. The number of benzene rings is 2. The number of phenolic OH excluding ortho intramolecular Hbond substituents is 1. The van der Waals surface area contributed by atoms with E-state index in [1.165, 1.54) is 17.0 Å². The van der Waals surface area contributed by atoms with Crippen LogP contribution in [0, 0.1) is 28.1 Å². The molecule has 2 aromatic heterocycles. The highest BCUT2D eigenvalue weighted by molar-refractivity contribution is 5.97. The zero-order valence-electron chi connectivity index (χ0n) is 37.1. The van der Waals surface area contributed by atoms with Gasteiger partial charge in [0.15, 0.2) is 0 Å². The number of nitrogens with one attached hydrogen (secondary N) is 2. The molecular formula is C48H59N7O7. The molecule has 1 saturated carbocycles. The van der Waals surface area contributed by atoms with E-state index in [2.05, 4.69) is 60.3 Å². The van der Waals surface area contributed by atoms with Gasteiger partial charge in [-0.15, -0.1) is 0 Å². The van der Waals surface area contributed by atoms with Gasteiger partial charge in [0.05, 0.1) is 30.2 Å². The molecule has 1 unspecified atom stereocenters. The summed E-state index contributed by atoms with van der Waals surface area (Å²) >= 11 is 0. The Hall–Kier alpha value is -5.78. The fourth-order valence-corrected chi connectivity index (χ4v) is 9.21. The van der Waals surface area contributed by atoms with Crippen LogP contribution >= 0.6 is 0 Å². The van der Waals surface area contributed by atoms with Gasteiger partial charge in [0.2, 0.25) is 11.8 Å². The third kappa shape index (κ3) is 8.65. The normalized spacial score (nSPS) is 20.7. The lowest BCUT2D eigenvalue weighted by atomic mass is 9.84. The number of fused-ring (bicyclic) bond motifs is 6. The first-order valence-electron chi connectivity index (χ1n) is 21.7. The summed E-state index contributed by atoms with van der Waals surface area (Å²) in [5, 5.41) is 26.4. The maximum absolute atomic E-state index is 14.6. The van der Waals surface area contributed by atoms with E-state index in [1.807, 2.05) is 39.0 Å². The van der Waals surface area contributed by atoms with Crippen LogP contribution in [0.3, 0.4) is 0 Å². The summed E-state index contributed by atoms with van der Waals surface area (Å²) in [5.41, 5.74) is 8.38. The number of carbonyl (C=O) groups is 4. The summed E-state index contributed by atoms with van der Waals surface area (Å²) in [6, 6.07) is 14.6. The van der Waals surface area contributed by atoms with Gasteiger partial charge >= 0.3 is 5.97 Å². The first-order valence-corrected chi connectivity index (χ1v) is 21.7. The number of nitrogens with zero attached hydrogens (tertiary/aromatic N) is 5. The maximum Gasteiger partial charge on any atom is 0.324 e. The van der Waals surface area contributed by atoms with Gasteiger partial charge in [0.25, 0.3) is 5.91 Å². The van der Waals surface area contributed by atoms with Gasteiger partial charge < -0.3 is 29.4 Å². The number of pyridine rings is 1. The Morgan fingerprint density at radius 1 is 1.13 bits per heavy atom. The second-order valence-electron chi connectivity index (χ2n) is 18.3. The van der Waals surface area contributed by atoms with Gasteiger partial charge in [-0.2, -0.15) is 5.26 Å². The number of aromatic nitrogens is 2. The van der Waals surface area contributed by atoms with Crippen LogP contribution in [-0.4, -0.2) is 93.7 Å². The van der Waals surface area contributed by atoms with Gasteiger partial charge in [0, 0.05) is 61.7 Å². The molecule has 2 fully saturated rings. The van der Waals surface area contributed by atoms with Crippen LogP contribution in [0.4, 0.5) is 0 Å². The molecule has 2 aliphatic heterocycles. The average Bonchev–Trinajstić information content (AvgIpc) is 4.00. The quantitative estimate of drug-likeness (QED) is 0.163. The molecule has 62 heavy (non-hydrogen) atoms. The van der Waals surface area contributed by atoms with Crippen molar-refractivity contribution in [2.45, 2.75) is 111 Å². The number of cyclic esters (lactones) is 1. The number of aryl methyl sites for hydroxylation is 1. The highest BCUT2D eigenvalue weighted by Crippen LogP contribution is 2.47. The molecule has 14 nitrogen and oxygen atoms in total. The highest BCUT2D eigenvalue weighted by Gasteiger charge is 2.53. The SMILES string of the molecule is CCn1c(-c2cccnc2[C@H](C)OC)c2c3cc(ccc31)-c1cc(O)cc(c1)C[C@H](NC(=O)C(C(C)C)N(C)C(=O)C1(C#N)CC1)C(=O)N1CCC[C@H](N1)C(=O)OCC(C)(C)C2. The zero-order chi connectivity index (χ0) is 44.7. The van der Waals surface area contributed by atoms with Crippen LogP contribution in [0.1, 0.15) is 90.2 Å². The number of rotatable bonds is 9. The van der Waals surface area contributed by atoms with E-state index in [4.69, 9.17) is 14.5 Å². The molecule has 2 aromatic carbocycles. The van der Waals surface area contributed by atoms with Gasteiger partial charge in [0.1, 0.15) is 29.3 Å². The van der Waals surface area contributed by atoms with Crippen molar-refractivity contribution in [2.24, 2.45) is 16.7 Å². The number of phenols is 1. The first-order chi connectivity index (χ1) is 29.5. The topological polar surface area (TPSA) is 179 Å². The molecule has 14 heteroatoms. The molecule has 0 radical (unpaired) electrons. The van der Waals surface area contributed by atoms with E-state index in [0.29, 0.717) is 49.8 Å². The number of ether oxygens (including phenoxy) is 2. The summed E-state index contributed by atoms with van der Waals surface area (Å²) in [6.07, 6.45) is 3.84. The summed E-state index contributed by atoms with van der Waals surface area (Å²) in [4.78, 5) is 62.4. The number of hydrogen-bond acceptors (Lipinski definition) is 10. The minimum Gasteiger partial charge on any atom is -0.508 e. The van der Waals surface area contributed by atoms with Gasteiger partial charge in [-0.1, -0.05) is 39.8 Å². The van der Waals surface area contributed by atoms with E-state index in [9.17, 15) is 29.5 Å². The van der Waals surface area contributed by atoms with Crippen molar-refractivity contribution in [3.63, 3.8) is 0 Å². The summed E-state index contributed by atoms with van der Waals surface area (Å²) in [6.45, 7) is 12.9. The van der Waals surface area contributed by atoms with E-state index < -0.39 is 52.6 Å². The van der Waals surface area contributed by atoms with E-state index >= 15 is 0 Å². The van der Waals surface area contributed by atoms with Crippen molar-refractivity contribution in [1.29, 1.82) is 5.26 Å². The fraction of sp³-hybridized carbons (Fsp3) is 0.500.